The van der Waals surface area contributed by atoms with Crippen LogP contribution < -0.4 is 5.32 Å². The van der Waals surface area contributed by atoms with Crippen LogP contribution in [0.4, 0.5) is 8.78 Å². The maximum atomic E-state index is 13.9. The van der Waals surface area contributed by atoms with E-state index < -0.39 is 30.1 Å². The second kappa shape index (κ2) is 9.74. The molecule has 2 aliphatic heterocycles. The highest BCUT2D eigenvalue weighted by molar-refractivity contribution is 9.10. The van der Waals surface area contributed by atoms with E-state index in [1.54, 1.807) is 29.5 Å². The first-order valence-corrected chi connectivity index (χ1v) is 11.7. The Balaban J connectivity index is 1.81. The predicted molar refractivity (Wildman–Crippen MR) is 120 cm³/mol. The number of halogens is 3. The first kappa shape index (κ1) is 23.0. The van der Waals surface area contributed by atoms with Gasteiger partial charge in [-0.3, -0.25) is 9.89 Å². The second-order valence-corrected chi connectivity index (χ2v) is 9.15. The van der Waals surface area contributed by atoms with Gasteiger partial charge in [-0.05, 0) is 24.6 Å². The zero-order chi connectivity index (χ0) is 22.8. The number of carbonyl (C=O) groups excluding carboxylic acids is 1. The molecule has 3 atom stereocenters. The van der Waals surface area contributed by atoms with E-state index in [0.29, 0.717) is 26.6 Å². The van der Waals surface area contributed by atoms with E-state index in [-0.39, 0.29) is 31.8 Å². The summed E-state index contributed by atoms with van der Waals surface area (Å²) in [6, 6.07) is 3.37. The zero-order valence-corrected chi connectivity index (χ0v) is 19.5. The fourth-order valence-corrected chi connectivity index (χ4v) is 4.90. The molecule has 0 aliphatic carbocycles. The van der Waals surface area contributed by atoms with Crippen molar-refractivity contribution in [3.05, 3.63) is 61.9 Å². The van der Waals surface area contributed by atoms with E-state index in [2.05, 4.69) is 26.2 Å². The number of rotatable bonds is 6. The molecule has 1 fully saturated rings. The van der Waals surface area contributed by atoms with Crippen molar-refractivity contribution in [3.63, 3.8) is 0 Å². The summed E-state index contributed by atoms with van der Waals surface area (Å²) >= 11 is 4.75. The Morgan fingerprint density at radius 3 is 2.88 bits per heavy atom. The summed E-state index contributed by atoms with van der Waals surface area (Å²) in [5.41, 5.74) is 1.30. The number of aromatic nitrogens is 1. The number of likely N-dealkylation sites (tertiary alicyclic amines) is 1. The number of amidine groups is 1. The maximum absolute atomic E-state index is 13.9. The van der Waals surface area contributed by atoms with Gasteiger partial charge in [0.15, 0.2) is 10.8 Å². The molecule has 170 valence electrons. The molecule has 0 spiro atoms. The molecule has 32 heavy (non-hydrogen) atoms. The van der Waals surface area contributed by atoms with Gasteiger partial charge in [0.25, 0.3) is 0 Å². The van der Waals surface area contributed by atoms with Crippen molar-refractivity contribution >= 4 is 39.1 Å². The van der Waals surface area contributed by atoms with Gasteiger partial charge in [0, 0.05) is 41.4 Å². The molecule has 1 saturated heterocycles. The zero-order valence-electron chi connectivity index (χ0n) is 17.1. The summed E-state index contributed by atoms with van der Waals surface area (Å²) < 4.78 is 33.5. The Morgan fingerprint density at radius 1 is 1.44 bits per heavy atom. The number of esters is 1. The molecule has 7 nitrogen and oxygen atoms in total. The SMILES string of the molecule is CCOC(=O)C1=C(CN2CC(O)C(F)C2)NC(c2nccs2)=N[C@H]1c1ccc(F)cc1Br. The van der Waals surface area contributed by atoms with Crippen molar-refractivity contribution in [2.45, 2.75) is 25.2 Å². The number of aliphatic hydroxyl groups excluding tert-OH is 1. The van der Waals surface area contributed by atoms with E-state index in [1.165, 1.54) is 23.5 Å². The number of aliphatic hydroxyl groups is 1. The molecule has 2 aliphatic rings. The lowest BCUT2D eigenvalue weighted by Crippen LogP contribution is -2.39. The highest BCUT2D eigenvalue weighted by atomic mass is 79.9. The Morgan fingerprint density at radius 2 is 2.25 bits per heavy atom. The molecule has 11 heteroatoms. The van der Waals surface area contributed by atoms with E-state index in [9.17, 15) is 18.7 Å². The molecule has 4 rings (SSSR count). The highest BCUT2D eigenvalue weighted by Gasteiger charge is 2.37. The van der Waals surface area contributed by atoms with Crippen LogP contribution in [0.1, 0.15) is 23.5 Å². The molecule has 0 saturated carbocycles. The number of hydrogen-bond donors (Lipinski definition) is 2. The summed E-state index contributed by atoms with van der Waals surface area (Å²) in [5.74, 6) is -0.559. The molecule has 0 amide bonds. The van der Waals surface area contributed by atoms with Crippen LogP contribution in [0, 0.1) is 5.82 Å². The van der Waals surface area contributed by atoms with E-state index >= 15 is 0 Å². The quantitative estimate of drug-likeness (QED) is 0.562. The number of ether oxygens (including phenoxy) is 1. The molecule has 2 unspecified atom stereocenters. The van der Waals surface area contributed by atoms with E-state index in [1.807, 2.05) is 0 Å². The Kier molecular flexibility index (Phi) is 6.99. The summed E-state index contributed by atoms with van der Waals surface area (Å²) in [6.45, 7) is 2.20. The molecule has 2 aromatic rings. The number of thiazole rings is 1. The van der Waals surface area contributed by atoms with Crippen molar-refractivity contribution < 1.29 is 23.4 Å². The van der Waals surface area contributed by atoms with Crippen LogP contribution in [0.3, 0.4) is 0 Å². The van der Waals surface area contributed by atoms with Gasteiger partial charge in [0.1, 0.15) is 18.0 Å². The normalized spacial score (nSPS) is 23.8. The van der Waals surface area contributed by atoms with E-state index in [0.717, 1.165) is 0 Å². The largest absolute Gasteiger partial charge is 0.463 e. The average molecular weight is 527 g/mol. The Hall–Kier alpha value is -2.21. The van der Waals surface area contributed by atoms with Crippen LogP contribution in [0.5, 0.6) is 0 Å². The van der Waals surface area contributed by atoms with Gasteiger partial charge in [-0.2, -0.15) is 0 Å². The highest BCUT2D eigenvalue weighted by Crippen LogP contribution is 2.37. The molecular weight excluding hydrogens is 506 g/mol. The van der Waals surface area contributed by atoms with Gasteiger partial charge in [-0.25, -0.2) is 18.6 Å². The van der Waals surface area contributed by atoms with Crippen LogP contribution in [0.2, 0.25) is 0 Å². The van der Waals surface area contributed by atoms with Gasteiger partial charge in [0.05, 0.1) is 18.3 Å². The van der Waals surface area contributed by atoms with Crippen LogP contribution in [-0.4, -0.2) is 65.3 Å². The van der Waals surface area contributed by atoms with Gasteiger partial charge in [0.2, 0.25) is 0 Å². The van der Waals surface area contributed by atoms with E-state index in [4.69, 9.17) is 9.73 Å². The van der Waals surface area contributed by atoms with Gasteiger partial charge in [-0.1, -0.05) is 22.0 Å². The minimum absolute atomic E-state index is 0.0388. The van der Waals surface area contributed by atoms with Crippen molar-refractivity contribution in [3.8, 4) is 0 Å². The van der Waals surface area contributed by atoms with Crippen LogP contribution in [-0.2, 0) is 9.53 Å². The lowest BCUT2D eigenvalue weighted by molar-refractivity contribution is -0.139. The Bertz CT molecular complexity index is 1050. The topological polar surface area (TPSA) is 87.0 Å². The third kappa shape index (κ3) is 4.75. The first-order valence-electron chi connectivity index (χ1n) is 10.0. The lowest BCUT2D eigenvalue weighted by atomic mass is 9.95. The smallest absolute Gasteiger partial charge is 0.338 e. The van der Waals surface area contributed by atoms with Crippen molar-refractivity contribution in [2.24, 2.45) is 4.99 Å². The molecular formula is C21H21BrF2N4O3S. The molecule has 0 radical (unpaired) electrons. The summed E-state index contributed by atoms with van der Waals surface area (Å²) in [4.78, 5) is 23.8. The monoisotopic (exact) mass is 526 g/mol. The first-order chi connectivity index (χ1) is 15.4. The Labute approximate surface area is 195 Å². The summed E-state index contributed by atoms with van der Waals surface area (Å²) in [5, 5.41) is 15.4. The number of hydrogen-bond acceptors (Lipinski definition) is 8. The number of carbonyl (C=O) groups is 1. The molecule has 1 aromatic carbocycles. The predicted octanol–water partition coefficient (Wildman–Crippen LogP) is 2.97. The number of alkyl halides is 1. The third-order valence-corrected chi connectivity index (χ3v) is 6.66. The molecule has 1 aromatic heterocycles. The lowest BCUT2D eigenvalue weighted by Gasteiger charge is -2.29. The minimum atomic E-state index is -1.36. The van der Waals surface area contributed by atoms with Crippen molar-refractivity contribution in [1.29, 1.82) is 0 Å². The molecule has 0 bridgehead atoms. The minimum Gasteiger partial charge on any atom is -0.463 e. The van der Waals surface area contributed by atoms with Gasteiger partial charge in [-0.15, -0.1) is 11.3 Å². The number of β-amino-alcohol motifs (C(OH)–C–C–N with tert-alkyl or cyclic N) is 1. The third-order valence-electron chi connectivity index (χ3n) is 5.19. The standard InChI is InChI=1S/C21H21BrF2N4O3S/c1-2-31-21(30)17-15(9-28-8-14(24)16(29)10-28)26-19(20-25-5-6-32-20)27-18(17)12-4-3-11(23)7-13(12)22/h3-7,14,16,18,29H,2,8-10H2,1H3,(H,26,27)/t14?,16?,18-/m0/s1. The van der Waals surface area contributed by atoms with Gasteiger partial charge < -0.3 is 15.2 Å². The van der Waals surface area contributed by atoms with Crippen LogP contribution >= 0.6 is 27.3 Å². The molecule has 3 heterocycles. The van der Waals surface area contributed by atoms with Crippen LogP contribution in [0.15, 0.2) is 50.5 Å². The second-order valence-electron chi connectivity index (χ2n) is 7.40. The average Bonchev–Trinajstić information content (AvgIpc) is 3.38. The maximum Gasteiger partial charge on any atom is 0.338 e. The summed E-state index contributed by atoms with van der Waals surface area (Å²) in [7, 11) is 0. The summed E-state index contributed by atoms with van der Waals surface area (Å²) in [6.07, 6.45) is -0.805. The fraction of sp³-hybridized carbons (Fsp3) is 0.381. The van der Waals surface area contributed by atoms with Crippen molar-refractivity contribution in [1.82, 2.24) is 15.2 Å². The fourth-order valence-electron chi connectivity index (χ4n) is 3.74. The van der Waals surface area contributed by atoms with Crippen molar-refractivity contribution in [2.75, 3.05) is 26.2 Å². The van der Waals surface area contributed by atoms with Gasteiger partial charge >= 0.3 is 5.97 Å². The number of nitrogens with zero attached hydrogens (tertiary/aromatic N) is 3. The number of aliphatic imine (C=N–C) groups is 1. The number of benzene rings is 1. The van der Waals surface area contributed by atoms with Crippen LogP contribution in [0.25, 0.3) is 0 Å². The molecule has 2 N–H and O–H groups in total. The number of nitrogens with one attached hydrogen (secondary N) is 1.